The van der Waals surface area contributed by atoms with Crippen molar-refractivity contribution in [2.45, 2.75) is 25.3 Å². The molecule has 4 rings (SSSR count). The molecule has 1 saturated heterocycles. The standard InChI is InChI=1S/C23H26N4O4/c1-31-17-10-8-16(9-11-17)24-21(28)14-20-23(30)25-18-6-2-3-7-19(18)27(20)15-22(29)26-12-4-5-13-26/h2-3,6-11,20H,4-5,12-15H2,1H3,(H,24,28)(H,25,30)/t20-/m0/s1. The summed E-state index contributed by atoms with van der Waals surface area (Å²) >= 11 is 0. The number of likely N-dealkylation sites (tertiary alicyclic amines) is 1. The highest BCUT2D eigenvalue weighted by molar-refractivity contribution is 6.07. The van der Waals surface area contributed by atoms with Gasteiger partial charge < -0.3 is 25.2 Å². The molecule has 0 aromatic heterocycles. The molecule has 2 N–H and O–H groups in total. The maximum atomic E-state index is 12.9. The lowest BCUT2D eigenvalue weighted by atomic mass is 10.0. The molecule has 0 aliphatic carbocycles. The molecule has 1 fully saturated rings. The zero-order valence-corrected chi connectivity index (χ0v) is 17.5. The van der Waals surface area contributed by atoms with Crippen LogP contribution in [0.4, 0.5) is 17.1 Å². The average molecular weight is 422 g/mol. The first-order valence-electron chi connectivity index (χ1n) is 10.4. The minimum atomic E-state index is -0.778. The van der Waals surface area contributed by atoms with Gasteiger partial charge in [0.25, 0.3) is 0 Å². The molecule has 0 bridgehead atoms. The third-order valence-corrected chi connectivity index (χ3v) is 5.67. The van der Waals surface area contributed by atoms with E-state index in [-0.39, 0.29) is 30.7 Å². The summed E-state index contributed by atoms with van der Waals surface area (Å²) in [6.45, 7) is 1.54. The lowest BCUT2D eigenvalue weighted by Crippen LogP contribution is -2.53. The van der Waals surface area contributed by atoms with E-state index in [1.54, 1.807) is 42.3 Å². The highest BCUT2D eigenvalue weighted by atomic mass is 16.5. The van der Waals surface area contributed by atoms with Crippen molar-refractivity contribution in [3.8, 4) is 5.75 Å². The average Bonchev–Trinajstić information content (AvgIpc) is 3.32. The van der Waals surface area contributed by atoms with Crippen LogP contribution in [0.3, 0.4) is 0 Å². The summed E-state index contributed by atoms with van der Waals surface area (Å²) in [4.78, 5) is 42.0. The third kappa shape index (κ3) is 4.63. The highest BCUT2D eigenvalue weighted by Crippen LogP contribution is 2.33. The summed E-state index contributed by atoms with van der Waals surface area (Å²) in [6.07, 6.45) is 1.92. The van der Waals surface area contributed by atoms with Crippen molar-refractivity contribution in [3.05, 3.63) is 48.5 Å². The number of nitrogens with zero attached hydrogens (tertiary/aromatic N) is 2. The molecule has 3 amide bonds. The van der Waals surface area contributed by atoms with Crippen molar-refractivity contribution in [2.24, 2.45) is 0 Å². The summed E-state index contributed by atoms with van der Waals surface area (Å²) in [6, 6.07) is 13.5. The van der Waals surface area contributed by atoms with Crippen LogP contribution in [-0.2, 0) is 14.4 Å². The lowest BCUT2D eigenvalue weighted by Gasteiger charge is -2.38. The molecule has 8 heteroatoms. The van der Waals surface area contributed by atoms with Gasteiger partial charge in [-0.25, -0.2) is 0 Å². The second kappa shape index (κ2) is 9.07. The van der Waals surface area contributed by atoms with Crippen molar-refractivity contribution in [3.63, 3.8) is 0 Å². The number of carbonyl (C=O) groups is 3. The summed E-state index contributed by atoms with van der Waals surface area (Å²) in [5.74, 6) is 0.0663. The van der Waals surface area contributed by atoms with Crippen molar-refractivity contribution < 1.29 is 19.1 Å². The molecule has 1 atom stereocenters. The molecule has 2 aromatic carbocycles. The molecule has 0 saturated carbocycles. The molecule has 8 nitrogen and oxygen atoms in total. The van der Waals surface area contributed by atoms with E-state index in [4.69, 9.17) is 4.74 Å². The number of carbonyl (C=O) groups excluding carboxylic acids is 3. The van der Waals surface area contributed by atoms with Crippen LogP contribution in [0, 0.1) is 0 Å². The van der Waals surface area contributed by atoms with Gasteiger partial charge in [-0.15, -0.1) is 0 Å². The molecular weight excluding hydrogens is 396 g/mol. The van der Waals surface area contributed by atoms with Gasteiger partial charge in [-0.2, -0.15) is 0 Å². The van der Waals surface area contributed by atoms with Crippen LogP contribution < -0.4 is 20.3 Å². The number of rotatable bonds is 6. The topological polar surface area (TPSA) is 91.0 Å². The van der Waals surface area contributed by atoms with Crippen molar-refractivity contribution >= 4 is 34.8 Å². The first-order chi connectivity index (χ1) is 15.0. The fourth-order valence-corrected chi connectivity index (χ4v) is 4.03. The zero-order valence-electron chi connectivity index (χ0n) is 17.5. The number of nitrogens with one attached hydrogen (secondary N) is 2. The van der Waals surface area contributed by atoms with E-state index >= 15 is 0 Å². The molecule has 162 valence electrons. The molecule has 2 heterocycles. The number of para-hydroxylation sites is 2. The van der Waals surface area contributed by atoms with Gasteiger partial charge in [-0.05, 0) is 49.2 Å². The quantitative estimate of drug-likeness (QED) is 0.746. The molecule has 31 heavy (non-hydrogen) atoms. The van der Waals surface area contributed by atoms with Crippen LogP contribution in [0.5, 0.6) is 5.75 Å². The Morgan fingerprint density at radius 1 is 1.10 bits per heavy atom. The number of methoxy groups -OCH3 is 1. The van der Waals surface area contributed by atoms with Crippen molar-refractivity contribution in [1.29, 1.82) is 0 Å². The molecule has 0 spiro atoms. The summed E-state index contributed by atoms with van der Waals surface area (Å²) in [7, 11) is 1.57. The summed E-state index contributed by atoms with van der Waals surface area (Å²) < 4.78 is 5.13. The largest absolute Gasteiger partial charge is 0.497 e. The molecule has 2 aliphatic rings. The monoisotopic (exact) mass is 422 g/mol. The predicted octanol–water partition coefficient (Wildman–Crippen LogP) is 2.47. The first-order valence-corrected chi connectivity index (χ1v) is 10.4. The van der Waals surface area contributed by atoms with Gasteiger partial charge in [0.2, 0.25) is 17.7 Å². The van der Waals surface area contributed by atoms with E-state index in [0.29, 0.717) is 17.1 Å². The Morgan fingerprint density at radius 3 is 2.52 bits per heavy atom. The van der Waals surface area contributed by atoms with Gasteiger partial charge >= 0.3 is 0 Å². The van der Waals surface area contributed by atoms with Crippen LogP contribution in [-0.4, -0.2) is 55.4 Å². The zero-order chi connectivity index (χ0) is 21.8. The summed E-state index contributed by atoms with van der Waals surface area (Å²) in [5.41, 5.74) is 2.01. The lowest BCUT2D eigenvalue weighted by molar-refractivity contribution is -0.129. The normalized spacial score (nSPS) is 17.7. The molecular formula is C23H26N4O4. The Hall–Kier alpha value is -3.55. The molecule has 2 aromatic rings. The first kappa shape index (κ1) is 20.7. The van der Waals surface area contributed by atoms with Crippen LogP contribution in [0.2, 0.25) is 0 Å². The second-order valence-electron chi connectivity index (χ2n) is 7.72. The highest BCUT2D eigenvalue weighted by Gasteiger charge is 2.36. The van der Waals surface area contributed by atoms with Crippen molar-refractivity contribution in [2.75, 3.05) is 42.3 Å². The Bertz CT molecular complexity index is 970. The molecule has 0 unspecified atom stereocenters. The van der Waals surface area contributed by atoms with E-state index in [1.165, 1.54) is 0 Å². The number of anilines is 3. The molecule has 0 radical (unpaired) electrons. The number of amides is 3. The Kier molecular flexibility index (Phi) is 6.06. The fraction of sp³-hybridized carbons (Fsp3) is 0.348. The number of hydrogen-bond acceptors (Lipinski definition) is 5. The van der Waals surface area contributed by atoms with E-state index in [1.807, 2.05) is 23.1 Å². The van der Waals surface area contributed by atoms with Crippen LogP contribution in [0.25, 0.3) is 0 Å². The second-order valence-corrected chi connectivity index (χ2v) is 7.72. The fourth-order valence-electron chi connectivity index (χ4n) is 4.03. The SMILES string of the molecule is COc1ccc(NC(=O)C[C@H]2C(=O)Nc3ccccc3N2CC(=O)N2CCCC2)cc1. The van der Waals surface area contributed by atoms with Crippen LogP contribution >= 0.6 is 0 Å². The number of benzene rings is 2. The van der Waals surface area contributed by atoms with E-state index in [2.05, 4.69) is 10.6 Å². The minimum absolute atomic E-state index is 0.0254. The third-order valence-electron chi connectivity index (χ3n) is 5.67. The van der Waals surface area contributed by atoms with Gasteiger partial charge in [0.1, 0.15) is 11.8 Å². The maximum Gasteiger partial charge on any atom is 0.247 e. The summed E-state index contributed by atoms with van der Waals surface area (Å²) in [5, 5.41) is 5.68. The maximum absolute atomic E-state index is 12.9. The van der Waals surface area contributed by atoms with Crippen molar-refractivity contribution in [1.82, 2.24) is 4.90 Å². The number of fused-ring (bicyclic) bond motifs is 1. The smallest absolute Gasteiger partial charge is 0.247 e. The number of ether oxygens (including phenoxy) is 1. The number of hydrogen-bond donors (Lipinski definition) is 2. The predicted molar refractivity (Wildman–Crippen MR) is 118 cm³/mol. The van der Waals surface area contributed by atoms with Crippen LogP contribution in [0.1, 0.15) is 19.3 Å². The van der Waals surface area contributed by atoms with Gasteiger partial charge in [0.05, 0.1) is 31.5 Å². The van der Waals surface area contributed by atoms with Gasteiger partial charge in [0.15, 0.2) is 0 Å². The van der Waals surface area contributed by atoms with Crippen LogP contribution in [0.15, 0.2) is 48.5 Å². The van der Waals surface area contributed by atoms with E-state index in [0.717, 1.165) is 31.6 Å². The van der Waals surface area contributed by atoms with Gasteiger partial charge in [-0.1, -0.05) is 12.1 Å². The van der Waals surface area contributed by atoms with E-state index < -0.39 is 6.04 Å². The minimum Gasteiger partial charge on any atom is -0.497 e. The van der Waals surface area contributed by atoms with Gasteiger partial charge in [0, 0.05) is 18.8 Å². The molecule has 2 aliphatic heterocycles. The van der Waals surface area contributed by atoms with Gasteiger partial charge in [-0.3, -0.25) is 14.4 Å². The van der Waals surface area contributed by atoms with E-state index in [9.17, 15) is 14.4 Å². The Labute approximate surface area is 181 Å². The Morgan fingerprint density at radius 2 is 1.81 bits per heavy atom. The Balaban J connectivity index is 1.52.